The largest absolute Gasteiger partial charge is 0.264 e. The van der Waals surface area contributed by atoms with Crippen molar-refractivity contribution in [2.75, 3.05) is 0 Å². The van der Waals surface area contributed by atoms with Crippen molar-refractivity contribution >= 4 is 20.8 Å². The number of rotatable bonds is 4. The summed E-state index contributed by atoms with van der Waals surface area (Å²) in [6.07, 6.45) is 3.32. The molecule has 5 heteroatoms. The summed E-state index contributed by atoms with van der Waals surface area (Å²) in [4.78, 5) is 4.36. The second-order valence-corrected chi connectivity index (χ2v) is 7.19. The van der Waals surface area contributed by atoms with Gasteiger partial charge >= 0.3 is 0 Å². The Kier molecular flexibility index (Phi) is 4.11. The predicted octanol–water partition coefficient (Wildman–Crippen LogP) is 3.04. The highest BCUT2D eigenvalue weighted by Crippen LogP contribution is 2.29. The Hall–Kier alpha value is -1.46. The molecule has 0 unspecified atom stereocenters. The van der Waals surface area contributed by atoms with Crippen molar-refractivity contribution in [2.24, 2.45) is 0 Å². The van der Waals surface area contributed by atoms with Crippen LogP contribution in [0.3, 0.4) is 0 Å². The van der Waals surface area contributed by atoms with Crippen LogP contribution in [0, 0.1) is 0 Å². The highest BCUT2D eigenvalue weighted by Gasteiger charge is 2.20. The third-order valence-electron chi connectivity index (χ3n) is 3.11. The Bertz CT molecular complexity index is 722. The van der Waals surface area contributed by atoms with Crippen molar-refractivity contribution in [2.45, 2.75) is 44.6 Å². The summed E-state index contributed by atoms with van der Waals surface area (Å²) >= 11 is 0. The van der Waals surface area contributed by atoms with Gasteiger partial charge in [-0.25, -0.2) is 13.1 Å². The van der Waals surface area contributed by atoms with E-state index < -0.39 is 10.0 Å². The van der Waals surface area contributed by atoms with Crippen molar-refractivity contribution in [3.63, 3.8) is 0 Å². The van der Waals surface area contributed by atoms with Crippen LogP contribution in [0.1, 0.15) is 39.2 Å². The number of aromatic nitrogens is 1. The summed E-state index contributed by atoms with van der Waals surface area (Å²) in [5.41, 5.74) is 1.13. The molecular formula is C15H20N2O2S. The molecule has 0 atom stereocenters. The fraction of sp³-hybridized carbons (Fsp3) is 0.400. The molecule has 0 saturated carbocycles. The summed E-state index contributed by atoms with van der Waals surface area (Å²) in [6.45, 7) is 7.80. The number of sulfonamides is 1. The molecule has 108 valence electrons. The van der Waals surface area contributed by atoms with E-state index in [-0.39, 0.29) is 6.04 Å². The lowest BCUT2D eigenvalue weighted by molar-refractivity contribution is 0.570. The van der Waals surface area contributed by atoms with E-state index >= 15 is 0 Å². The minimum Gasteiger partial charge on any atom is -0.264 e. The Morgan fingerprint density at radius 2 is 1.75 bits per heavy atom. The van der Waals surface area contributed by atoms with Gasteiger partial charge in [-0.3, -0.25) is 4.98 Å². The number of nitrogens with one attached hydrogen (secondary N) is 1. The lowest BCUT2D eigenvalue weighted by Crippen LogP contribution is -2.30. The van der Waals surface area contributed by atoms with Gasteiger partial charge in [0.05, 0.1) is 4.90 Å². The van der Waals surface area contributed by atoms with Crippen molar-refractivity contribution < 1.29 is 8.42 Å². The van der Waals surface area contributed by atoms with Crippen LogP contribution in [0.25, 0.3) is 10.8 Å². The fourth-order valence-electron chi connectivity index (χ4n) is 2.30. The molecule has 0 bridgehead atoms. The number of nitrogens with zero attached hydrogens (tertiary/aromatic N) is 1. The van der Waals surface area contributed by atoms with E-state index in [1.165, 1.54) is 0 Å². The predicted molar refractivity (Wildman–Crippen MR) is 81.3 cm³/mol. The van der Waals surface area contributed by atoms with E-state index in [0.29, 0.717) is 16.2 Å². The zero-order valence-corrected chi connectivity index (χ0v) is 13.0. The van der Waals surface area contributed by atoms with Gasteiger partial charge in [0.15, 0.2) is 0 Å². The summed E-state index contributed by atoms with van der Waals surface area (Å²) in [6, 6.07) is 5.29. The topological polar surface area (TPSA) is 59.1 Å². The summed E-state index contributed by atoms with van der Waals surface area (Å²) < 4.78 is 27.4. The Balaban J connectivity index is 2.71. The molecule has 1 N–H and O–H groups in total. The first-order valence-corrected chi connectivity index (χ1v) is 8.20. The number of pyridine rings is 1. The second kappa shape index (κ2) is 5.50. The highest BCUT2D eigenvalue weighted by molar-refractivity contribution is 7.89. The van der Waals surface area contributed by atoms with Gasteiger partial charge in [-0.15, -0.1) is 0 Å². The number of fused-ring (bicyclic) bond motifs is 1. The van der Waals surface area contributed by atoms with E-state index in [9.17, 15) is 8.42 Å². The first-order valence-electron chi connectivity index (χ1n) is 6.72. The lowest BCUT2D eigenvalue weighted by Gasteiger charge is -2.15. The molecule has 0 radical (unpaired) electrons. The molecule has 0 saturated heterocycles. The third-order valence-corrected chi connectivity index (χ3v) is 4.83. The molecule has 0 aliphatic heterocycles. The molecule has 0 aliphatic rings. The first-order chi connectivity index (χ1) is 9.33. The normalized spacial score (nSPS) is 12.5. The zero-order chi connectivity index (χ0) is 14.9. The molecule has 2 aromatic rings. The van der Waals surface area contributed by atoms with Gasteiger partial charge in [-0.2, -0.15) is 0 Å². The quantitative estimate of drug-likeness (QED) is 0.942. The monoisotopic (exact) mass is 292 g/mol. The van der Waals surface area contributed by atoms with E-state index in [1.54, 1.807) is 32.3 Å². The van der Waals surface area contributed by atoms with Gasteiger partial charge in [0, 0.05) is 23.8 Å². The van der Waals surface area contributed by atoms with Crippen LogP contribution in [0.2, 0.25) is 0 Å². The van der Waals surface area contributed by atoms with Gasteiger partial charge in [0.2, 0.25) is 10.0 Å². The Morgan fingerprint density at radius 3 is 2.35 bits per heavy atom. The molecule has 0 fully saturated rings. The standard InChI is InChI=1S/C15H20N2O2S/c1-10(2)12-5-6-15(20(18,19)17-11(3)4)14-9-16-8-7-13(12)14/h5-11,17H,1-4H3. The fourth-order valence-corrected chi connectivity index (χ4v) is 3.75. The number of benzene rings is 1. The van der Waals surface area contributed by atoms with Gasteiger partial charge in [0.1, 0.15) is 0 Å². The Morgan fingerprint density at radius 1 is 1.05 bits per heavy atom. The van der Waals surface area contributed by atoms with Crippen molar-refractivity contribution in [1.29, 1.82) is 0 Å². The van der Waals surface area contributed by atoms with E-state index in [0.717, 1.165) is 10.9 Å². The van der Waals surface area contributed by atoms with Crippen LogP contribution < -0.4 is 4.72 Å². The minimum atomic E-state index is -3.52. The maximum absolute atomic E-state index is 12.4. The summed E-state index contributed by atoms with van der Waals surface area (Å²) in [5.74, 6) is 0.328. The average Bonchev–Trinajstić information content (AvgIpc) is 2.35. The van der Waals surface area contributed by atoms with E-state index in [4.69, 9.17) is 0 Å². The third kappa shape index (κ3) is 2.83. The minimum absolute atomic E-state index is 0.142. The number of hydrogen-bond donors (Lipinski definition) is 1. The van der Waals surface area contributed by atoms with Gasteiger partial charge in [-0.05, 0) is 42.8 Å². The summed E-state index contributed by atoms with van der Waals surface area (Å²) in [7, 11) is -3.52. The Labute approximate surface area is 120 Å². The van der Waals surface area contributed by atoms with Gasteiger partial charge in [-0.1, -0.05) is 19.9 Å². The molecule has 1 aromatic heterocycles. The van der Waals surface area contributed by atoms with E-state index in [2.05, 4.69) is 23.6 Å². The molecule has 1 aromatic carbocycles. The smallest absolute Gasteiger partial charge is 0.241 e. The van der Waals surface area contributed by atoms with Crippen molar-refractivity contribution in [3.05, 3.63) is 36.2 Å². The van der Waals surface area contributed by atoms with E-state index in [1.807, 2.05) is 12.1 Å². The molecule has 20 heavy (non-hydrogen) atoms. The molecule has 0 spiro atoms. The van der Waals surface area contributed by atoms with Crippen LogP contribution in [0.5, 0.6) is 0 Å². The molecule has 0 amide bonds. The van der Waals surface area contributed by atoms with Crippen LogP contribution in [-0.4, -0.2) is 19.4 Å². The van der Waals surface area contributed by atoms with Crippen LogP contribution >= 0.6 is 0 Å². The maximum atomic E-state index is 12.4. The number of hydrogen-bond acceptors (Lipinski definition) is 3. The second-order valence-electron chi connectivity index (χ2n) is 5.50. The molecule has 4 nitrogen and oxygen atoms in total. The highest BCUT2D eigenvalue weighted by atomic mass is 32.2. The van der Waals surface area contributed by atoms with Crippen LogP contribution in [0.4, 0.5) is 0 Å². The van der Waals surface area contributed by atoms with Gasteiger partial charge in [0.25, 0.3) is 0 Å². The summed E-state index contributed by atoms with van der Waals surface area (Å²) in [5, 5.41) is 1.62. The molecular weight excluding hydrogens is 272 g/mol. The average molecular weight is 292 g/mol. The lowest BCUT2D eigenvalue weighted by atomic mass is 9.97. The first kappa shape index (κ1) is 14.9. The molecule has 1 heterocycles. The SMILES string of the molecule is CC(C)NS(=O)(=O)c1ccc(C(C)C)c2ccncc12. The van der Waals surface area contributed by atoms with Crippen LogP contribution in [0.15, 0.2) is 35.5 Å². The zero-order valence-electron chi connectivity index (χ0n) is 12.2. The maximum Gasteiger partial charge on any atom is 0.241 e. The van der Waals surface area contributed by atoms with Gasteiger partial charge < -0.3 is 0 Å². The molecule has 2 rings (SSSR count). The van der Waals surface area contributed by atoms with Crippen molar-refractivity contribution in [3.8, 4) is 0 Å². The molecule has 0 aliphatic carbocycles. The van der Waals surface area contributed by atoms with Crippen LogP contribution in [-0.2, 0) is 10.0 Å². The van der Waals surface area contributed by atoms with Crippen molar-refractivity contribution in [1.82, 2.24) is 9.71 Å².